The van der Waals surface area contributed by atoms with Crippen LogP contribution in [0.3, 0.4) is 0 Å². The minimum atomic E-state index is -0.647. The van der Waals surface area contributed by atoms with Crippen LogP contribution in [0.2, 0.25) is 0 Å². The van der Waals surface area contributed by atoms with E-state index in [1.165, 1.54) is 0 Å². The van der Waals surface area contributed by atoms with Gasteiger partial charge in [-0.25, -0.2) is 0 Å². The molecule has 3 nitrogen and oxygen atoms in total. The Kier molecular flexibility index (Phi) is 31.2. The van der Waals surface area contributed by atoms with Crippen LogP contribution < -0.4 is 0 Å². The SMILES string of the molecule is CCC(C)COC(O)C(C)(C)C.Cl.Cl.Cl.[O]=[V]. The van der Waals surface area contributed by atoms with Crippen LogP contribution in [0.5, 0.6) is 0 Å². The fourth-order valence-corrected chi connectivity index (χ4v) is 0.623. The summed E-state index contributed by atoms with van der Waals surface area (Å²) in [7, 11) is 0. The van der Waals surface area contributed by atoms with Gasteiger partial charge in [-0.2, -0.15) is 0 Å². The molecule has 0 saturated carbocycles. The van der Waals surface area contributed by atoms with E-state index in [0.29, 0.717) is 12.5 Å². The Bertz CT molecular complexity index is 145. The van der Waals surface area contributed by atoms with Crippen LogP contribution in [0.25, 0.3) is 0 Å². The topological polar surface area (TPSA) is 46.5 Å². The van der Waals surface area contributed by atoms with Crippen molar-refractivity contribution in [1.29, 1.82) is 0 Å². The van der Waals surface area contributed by atoms with E-state index in [2.05, 4.69) is 13.8 Å². The van der Waals surface area contributed by atoms with Crippen molar-refractivity contribution in [2.75, 3.05) is 6.61 Å². The van der Waals surface area contributed by atoms with Crippen molar-refractivity contribution < 1.29 is 30.9 Å². The molecule has 7 heteroatoms. The van der Waals surface area contributed by atoms with Gasteiger partial charge in [0.1, 0.15) is 0 Å². The van der Waals surface area contributed by atoms with E-state index in [0.717, 1.165) is 23.8 Å². The number of halogens is 3. The molecule has 0 amide bonds. The molecule has 17 heavy (non-hydrogen) atoms. The summed E-state index contributed by atoms with van der Waals surface area (Å²) in [6.07, 6.45) is 0.447. The van der Waals surface area contributed by atoms with Crippen LogP contribution in [-0.4, -0.2) is 18.0 Å². The summed E-state index contributed by atoms with van der Waals surface area (Å²) in [6.45, 7) is 10.8. The molecule has 0 bridgehead atoms. The van der Waals surface area contributed by atoms with Crippen LogP contribution >= 0.6 is 37.2 Å². The molecule has 0 fully saturated rings. The average molecular weight is 351 g/mol. The van der Waals surface area contributed by atoms with E-state index < -0.39 is 6.29 Å². The molecule has 109 valence electrons. The quantitative estimate of drug-likeness (QED) is 0.789. The molecular formula is C10H25Cl3O3V. The predicted molar refractivity (Wildman–Crippen MR) is 73.3 cm³/mol. The zero-order valence-corrected chi connectivity index (χ0v) is 14.9. The fraction of sp³-hybridized carbons (Fsp3) is 1.00. The number of aliphatic hydroxyl groups is 1. The van der Waals surface area contributed by atoms with Gasteiger partial charge in [-0.05, 0) is 5.92 Å². The molecule has 0 aliphatic carbocycles. The van der Waals surface area contributed by atoms with Crippen molar-refractivity contribution in [3.05, 3.63) is 0 Å². The molecule has 2 unspecified atom stereocenters. The molecule has 1 N–H and O–H groups in total. The normalized spacial score (nSPS) is 12.5. The molecule has 2 atom stereocenters. The molecular weight excluding hydrogens is 325 g/mol. The molecule has 0 aromatic heterocycles. The summed E-state index contributed by atoms with van der Waals surface area (Å²) >= 11 is 1.06. The standard InChI is InChI=1S/C10H22O2.3ClH.O.V/c1-6-8(2)7-12-9(11)10(3,4)5;;;;;/h8-9,11H,6-7H2,1-5H3;3*1H;;. The fourth-order valence-electron chi connectivity index (χ4n) is 0.623. The maximum absolute atomic E-state index is 9.51. The first-order valence-corrected chi connectivity index (χ1v) is 5.42. The van der Waals surface area contributed by atoms with Gasteiger partial charge in [0.2, 0.25) is 0 Å². The predicted octanol–water partition coefficient (Wildman–Crippen LogP) is 3.56. The van der Waals surface area contributed by atoms with Gasteiger partial charge in [0.25, 0.3) is 0 Å². The molecule has 0 heterocycles. The van der Waals surface area contributed by atoms with E-state index >= 15 is 0 Å². The van der Waals surface area contributed by atoms with Gasteiger partial charge in [-0.15, -0.1) is 37.2 Å². The second-order valence-corrected chi connectivity index (χ2v) is 4.57. The minimum absolute atomic E-state index is 0. The number of hydrogen-bond acceptors (Lipinski definition) is 3. The second-order valence-electron chi connectivity index (χ2n) is 4.57. The molecule has 0 saturated heterocycles. The van der Waals surface area contributed by atoms with Gasteiger partial charge in [0, 0.05) is 5.41 Å². The number of rotatable bonds is 4. The zero-order valence-electron chi connectivity index (χ0n) is 11.0. The zero-order chi connectivity index (χ0) is 11.8. The summed E-state index contributed by atoms with van der Waals surface area (Å²) in [5.41, 5.74) is -0.173. The van der Waals surface area contributed by atoms with Gasteiger partial charge in [0.15, 0.2) is 6.29 Å². The third-order valence-corrected chi connectivity index (χ3v) is 1.98. The van der Waals surface area contributed by atoms with E-state index in [1.807, 2.05) is 20.8 Å². The molecule has 0 spiro atoms. The van der Waals surface area contributed by atoms with Gasteiger partial charge in [-0.3, -0.25) is 0 Å². The third-order valence-electron chi connectivity index (χ3n) is 1.98. The van der Waals surface area contributed by atoms with E-state index in [1.54, 1.807) is 0 Å². The first-order valence-electron chi connectivity index (χ1n) is 4.85. The molecule has 0 radical (unpaired) electrons. The van der Waals surface area contributed by atoms with E-state index in [4.69, 9.17) is 8.41 Å². The van der Waals surface area contributed by atoms with Gasteiger partial charge in [0.05, 0.1) is 6.61 Å². The van der Waals surface area contributed by atoms with Crippen molar-refractivity contribution >= 4 is 37.2 Å². The Balaban J connectivity index is -0.0000000907. The van der Waals surface area contributed by atoms with Gasteiger partial charge >= 0.3 is 21.0 Å². The molecule has 0 aliphatic heterocycles. The van der Waals surface area contributed by atoms with Crippen molar-refractivity contribution in [3.63, 3.8) is 0 Å². The molecule has 0 rings (SSSR count). The van der Waals surface area contributed by atoms with Crippen LogP contribution in [-0.2, 0) is 25.8 Å². The summed E-state index contributed by atoms with van der Waals surface area (Å²) in [4.78, 5) is 0. The summed E-state index contributed by atoms with van der Waals surface area (Å²) in [6, 6.07) is 0. The Labute approximate surface area is 133 Å². The van der Waals surface area contributed by atoms with Crippen molar-refractivity contribution in [3.8, 4) is 0 Å². The Morgan fingerprint density at radius 1 is 1.18 bits per heavy atom. The van der Waals surface area contributed by atoms with Crippen LogP contribution in [0.4, 0.5) is 0 Å². The summed E-state index contributed by atoms with van der Waals surface area (Å²) < 4.78 is 13.5. The van der Waals surface area contributed by atoms with Crippen molar-refractivity contribution in [2.24, 2.45) is 11.3 Å². The summed E-state index contributed by atoms with van der Waals surface area (Å²) in [5, 5.41) is 9.51. The van der Waals surface area contributed by atoms with Crippen molar-refractivity contribution in [1.82, 2.24) is 0 Å². The Morgan fingerprint density at radius 3 is 1.76 bits per heavy atom. The average Bonchev–Trinajstić information content (AvgIpc) is 2.15. The second kappa shape index (κ2) is 17.2. The van der Waals surface area contributed by atoms with E-state index in [-0.39, 0.29) is 42.6 Å². The summed E-state index contributed by atoms with van der Waals surface area (Å²) in [5.74, 6) is 0.530. The van der Waals surface area contributed by atoms with Gasteiger partial charge in [-0.1, -0.05) is 41.0 Å². The van der Waals surface area contributed by atoms with Gasteiger partial charge < -0.3 is 9.84 Å². The third kappa shape index (κ3) is 19.7. The van der Waals surface area contributed by atoms with Crippen molar-refractivity contribution in [2.45, 2.75) is 47.3 Å². The Morgan fingerprint density at radius 2 is 1.53 bits per heavy atom. The molecule has 0 aliphatic rings. The molecule has 0 aromatic rings. The number of hydrogen-bond donors (Lipinski definition) is 1. The van der Waals surface area contributed by atoms with E-state index in [9.17, 15) is 5.11 Å². The number of ether oxygens (including phenoxy) is 1. The van der Waals surface area contributed by atoms with Crippen LogP contribution in [0.1, 0.15) is 41.0 Å². The maximum atomic E-state index is 9.51. The number of aliphatic hydroxyl groups excluding tert-OH is 1. The van der Waals surface area contributed by atoms with Crippen LogP contribution in [0, 0.1) is 11.3 Å². The first kappa shape index (κ1) is 30.9. The first-order chi connectivity index (χ1) is 6.38. The monoisotopic (exact) mass is 349 g/mol. The molecule has 0 aromatic carbocycles. The van der Waals surface area contributed by atoms with Crippen LogP contribution in [0.15, 0.2) is 0 Å². The Hall–Kier alpha value is 1.17.